The molecule has 1 aromatic rings. The van der Waals surface area contributed by atoms with Gasteiger partial charge in [-0.15, -0.1) is 0 Å². The van der Waals surface area contributed by atoms with Gasteiger partial charge in [-0.1, -0.05) is 19.8 Å². The Kier molecular flexibility index (Phi) is 6.42. The van der Waals surface area contributed by atoms with Crippen molar-refractivity contribution in [1.29, 1.82) is 0 Å². The van der Waals surface area contributed by atoms with E-state index in [1.54, 1.807) is 7.11 Å². The number of aromatic nitrogens is 2. The van der Waals surface area contributed by atoms with E-state index in [0.29, 0.717) is 12.1 Å². The molecule has 1 unspecified atom stereocenters. The van der Waals surface area contributed by atoms with E-state index in [-0.39, 0.29) is 0 Å². The number of nitrogens with one attached hydrogen (secondary N) is 1. The zero-order chi connectivity index (χ0) is 15.2. The van der Waals surface area contributed by atoms with Crippen molar-refractivity contribution in [3.8, 4) is 5.75 Å². The molecule has 0 bridgehead atoms. The van der Waals surface area contributed by atoms with E-state index in [0.717, 1.165) is 23.3 Å². The highest BCUT2D eigenvalue weighted by Gasteiger charge is 2.25. The third kappa shape index (κ3) is 4.16. The van der Waals surface area contributed by atoms with Crippen molar-refractivity contribution >= 4 is 11.8 Å². The minimum absolute atomic E-state index is 0.306. The highest BCUT2D eigenvalue weighted by atomic mass is 32.2. The molecule has 5 heteroatoms. The second kappa shape index (κ2) is 8.08. The van der Waals surface area contributed by atoms with Gasteiger partial charge in [0, 0.05) is 17.0 Å². The summed E-state index contributed by atoms with van der Waals surface area (Å²) in [6.45, 7) is 7.46. The summed E-state index contributed by atoms with van der Waals surface area (Å²) < 4.78 is 7.64. The quantitative estimate of drug-likeness (QED) is 0.792. The van der Waals surface area contributed by atoms with Crippen LogP contribution in [0.5, 0.6) is 5.75 Å². The molecule has 4 nitrogen and oxygen atoms in total. The summed E-state index contributed by atoms with van der Waals surface area (Å²) in [5.41, 5.74) is 1.19. The first-order valence-electron chi connectivity index (χ1n) is 8.13. The summed E-state index contributed by atoms with van der Waals surface area (Å²) in [7, 11) is 1.73. The molecule has 2 rings (SSSR count). The zero-order valence-corrected chi connectivity index (χ0v) is 14.6. The first-order valence-corrected chi connectivity index (χ1v) is 9.18. The third-order valence-corrected chi connectivity index (χ3v) is 5.56. The highest BCUT2D eigenvalue weighted by Crippen LogP contribution is 2.35. The molecule has 0 spiro atoms. The van der Waals surface area contributed by atoms with Crippen LogP contribution in [0.3, 0.4) is 0 Å². The van der Waals surface area contributed by atoms with Crippen LogP contribution < -0.4 is 10.1 Å². The number of hydrogen-bond acceptors (Lipinski definition) is 4. The molecule has 1 saturated carbocycles. The van der Waals surface area contributed by atoms with Crippen LogP contribution in [-0.2, 0) is 0 Å². The average molecular weight is 311 g/mol. The number of hydrogen-bond donors (Lipinski definition) is 1. The van der Waals surface area contributed by atoms with E-state index >= 15 is 0 Å². The van der Waals surface area contributed by atoms with Crippen molar-refractivity contribution < 1.29 is 4.74 Å². The van der Waals surface area contributed by atoms with Gasteiger partial charge in [0.15, 0.2) is 5.75 Å². The van der Waals surface area contributed by atoms with Crippen LogP contribution in [0.2, 0.25) is 0 Å². The van der Waals surface area contributed by atoms with Crippen molar-refractivity contribution in [2.75, 3.05) is 19.4 Å². The Hall–Kier alpha value is -0.680. The molecule has 1 aliphatic carbocycles. The number of ether oxygens (including phenoxy) is 1. The fourth-order valence-corrected chi connectivity index (χ4v) is 4.43. The second-order valence-corrected chi connectivity index (χ2v) is 7.32. The van der Waals surface area contributed by atoms with E-state index in [9.17, 15) is 0 Å². The molecular weight excluding hydrogens is 282 g/mol. The normalized spacial score (nSPS) is 17.6. The fourth-order valence-electron chi connectivity index (χ4n) is 3.02. The summed E-state index contributed by atoms with van der Waals surface area (Å²) >= 11 is 2.11. The Labute approximate surface area is 133 Å². The average Bonchev–Trinajstić information content (AvgIpc) is 3.12. The molecule has 0 saturated heterocycles. The number of methoxy groups -OCH3 is 1. The summed E-state index contributed by atoms with van der Waals surface area (Å²) in [6, 6.07) is 0.655. The minimum atomic E-state index is 0.306. The maximum Gasteiger partial charge on any atom is 0.161 e. The maximum atomic E-state index is 5.54. The van der Waals surface area contributed by atoms with Gasteiger partial charge in [0.1, 0.15) is 0 Å². The van der Waals surface area contributed by atoms with Crippen molar-refractivity contribution in [3.63, 3.8) is 0 Å². The molecule has 0 aliphatic heterocycles. The van der Waals surface area contributed by atoms with Gasteiger partial charge in [-0.2, -0.15) is 16.9 Å². The molecule has 0 radical (unpaired) electrons. The lowest BCUT2D eigenvalue weighted by Gasteiger charge is -2.23. The van der Waals surface area contributed by atoms with E-state index in [1.807, 2.05) is 6.20 Å². The van der Waals surface area contributed by atoms with Gasteiger partial charge >= 0.3 is 0 Å². The topological polar surface area (TPSA) is 39.1 Å². The monoisotopic (exact) mass is 311 g/mol. The summed E-state index contributed by atoms with van der Waals surface area (Å²) in [6.07, 6.45) is 7.40. The Morgan fingerprint density at radius 2 is 2.14 bits per heavy atom. The summed E-state index contributed by atoms with van der Waals surface area (Å²) in [5.74, 6) is 1.99. The molecule has 120 valence electrons. The van der Waals surface area contributed by atoms with Gasteiger partial charge in [-0.3, -0.25) is 4.68 Å². The third-order valence-electron chi connectivity index (χ3n) is 4.09. The Morgan fingerprint density at radius 1 is 1.43 bits per heavy atom. The van der Waals surface area contributed by atoms with Gasteiger partial charge in [-0.25, -0.2) is 0 Å². The summed E-state index contributed by atoms with van der Waals surface area (Å²) in [5, 5.41) is 8.97. The first kappa shape index (κ1) is 16.7. The molecule has 21 heavy (non-hydrogen) atoms. The predicted octanol–water partition coefficient (Wildman–Crippen LogP) is 3.80. The standard InChI is InChI=1S/C16H29N3OS/c1-5-17-14(11-21-13-8-6-7-9-13)16-15(20-4)10-18-19(16)12(2)3/h10,12-14,17H,5-9,11H2,1-4H3. The Balaban J connectivity index is 2.13. The molecular formula is C16H29N3OS. The van der Waals surface area contributed by atoms with E-state index in [2.05, 4.69) is 47.6 Å². The smallest absolute Gasteiger partial charge is 0.161 e. The molecule has 0 aromatic carbocycles. The van der Waals surface area contributed by atoms with Crippen LogP contribution in [0.4, 0.5) is 0 Å². The molecule has 1 heterocycles. The van der Waals surface area contributed by atoms with Crippen LogP contribution in [0, 0.1) is 0 Å². The van der Waals surface area contributed by atoms with E-state index in [4.69, 9.17) is 4.74 Å². The molecule has 1 atom stereocenters. The van der Waals surface area contributed by atoms with Crippen molar-refractivity contribution in [1.82, 2.24) is 15.1 Å². The van der Waals surface area contributed by atoms with Crippen LogP contribution in [0.25, 0.3) is 0 Å². The fraction of sp³-hybridized carbons (Fsp3) is 0.812. The predicted molar refractivity (Wildman–Crippen MR) is 90.3 cm³/mol. The summed E-state index contributed by atoms with van der Waals surface area (Å²) in [4.78, 5) is 0. The minimum Gasteiger partial charge on any atom is -0.493 e. The van der Waals surface area contributed by atoms with Gasteiger partial charge in [0.2, 0.25) is 0 Å². The Bertz CT molecular complexity index is 427. The second-order valence-electron chi connectivity index (χ2n) is 5.99. The van der Waals surface area contributed by atoms with Crippen molar-refractivity contribution in [3.05, 3.63) is 11.9 Å². The lowest BCUT2D eigenvalue weighted by Crippen LogP contribution is -2.27. The lowest BCUT2D eigenvalue weighted by molar-refractivity contribution is 0.391. The molecule has 1 N–H and O–H groups in total. The van der Waals surface area contributed by atoms with Crippen molar-refractivity contribution in [2.24, 2.45) is 0 Å². The van der Waals surface area contributed by atoms with Crippen LogP contribution in [0.15, 0.2) is 6.20 Å². The van der Waals surface area contributed by atoms with Crippen LogP contribution >= 0.6 is 11.8 Å². The van der Waals surface area contributed by atoms with Crippen molar-refractivity contribution in [2.45, 2.75) is 63.8 Å². The van der Waals surface area contributed by atoms with Gasteiger partial charge in [0.05, 0.1) is 25.0 Å². The largest absolute Gasteiger partial charge is 0.493 e. The van der Waals surface area contributed by atoms with Gasteiger partial charge in [-0.05, 0) is 33.2 Å². The first-order chi connectivity index (χ1) is 10.2. The molecule has 1 aliphatic rings. The molecule has 1 aromatic heterocycles. The van der Waals surface area contributed by atoms with Gasteiger partial charge in [0.25, 0.3) is 0 Å². The zero-order valence-electron chi connectivity index (χ0n) is 13.8. The Morgan fingerprint density at radius 3 is 2.71 bits per heavy atom. The van der Waals surface area contributed by atoms with Crippen LogP contribution in [-0.4, -0.2) is 34.4 Å². The lowest BCUT2D eigenvalue weighted by atomic mass is 10.2. The number of thioether (sulfide) groups is 1. The molecule has 0 amide bonds. The van der Waals surface area contributed by atoms with E-state index < -0.39 is 0 Å². The molecule has 1 fully saturated rings. The number of nitrogens with zero attached hydrogens (tertiary/aromatic N) is 2. The van der Waals surface area contributed by atoms with E-state index in [1.165, 1.54) is 31.4 Å². The van der Waals surface area contributed by atoms with Gasteiger partial charge < -0.3 is 10.1 Å². The highest BCUT2D eigenvalue weighted by molar-refractivity contribution is 7.99. The number of rotatable bonds is 8. The van der Waals surface area contributed by atoms with Crippen LogP contribution in [0.1, 0.15) is 64.2 Å². The maximum absolute atomic E-state index is 5.54. The SMILES string of the molecule is CCNC(CSC1CCCC1)c1c(OC)cnn1C(C)C.